The molecule has 6 nitrogen and oxygen atoms in total. The van der Waals surface area contributed by atoms with Crippen molar-refractivity contribution >= 4 is 11.9 Å². The molecule has 1 amide bonds. The van der Waals surface area contributed by atoms with Crippen molar-refractivity contribution in [3.63, 3.8) is 0 Å². The number of hydrogen-bond donors (Lipinski definition) is 2. The predicted octanol–water partition coefficient (Wildman–Crippen LogP) is 0.559. The summed E-state index contributed by atoms with van der Waals surface area (Å²) < 4.78 is 1.78. The minimum absolute atomic E-state index is 0.257. The van der Waals surface area contributed by atoms with Crippen LogP contribution in [0.25, 0.3) is 0 Å². The molecule has 0 saturated carbocycles. The summed E-state index contributed by atoms with van der Waals surface area (Å²) in [4.78, 5) is 22.2. The molecule has 0 aliphatic rings. The second kappa shape index (κ2) is 5.66. The number of aromatic nitrogens is 2. The van der Waals surface area contributed by atoms with Crippen molar-refractivity contribution in [2.24, 2.45) is 7.05 Å². The van der Waals surface area contributed by atoms with Crippen LogP contribution in [0.5, 0.6) is 0 Å². The molecule has 100 valence electrons. The van der Waals surface area contributed by atoms with Crippen LogP contribution in [0.3, 0.4) is 0 Å². The van der Waals surface area contributed by atoms with Crippen molar-refractivity contribution in [2.75, 3.05) is 0 Å². The molecular weight excluding hydrogens is 234 g/mol. The molecule has 0 spiro atoms. The molecule has 0 bridgehead atoms. The highest BCUT2D eigenvalue weighted by Crippen LogP contribution is 2.13. The van der Waals surface area contributed by atoms with Gasteiger partial charge in [0.15, 0.2) is 0 Å². The highest BCUT2D eigenvalue weighted by molar-refractivity contribution is 5.83. The van der Waals surface area contributed by atoms with Crippen LogP contribution in [-0.4, -0.2) is 32.8 Å². The quantitative estimate of drug-likeness (QED) is 0.803. The van der Waals surface area contributed by atoms with E-state index in [1.54, 1.807) is 4.68 Å². The molecule has 1 heterocycles. The first-order valence-corrected chi connectivity index (χ1v) is 5.84. The van der Waals surface area contributed by atoms with Gasteiger partial charge >= 0.3 is 5.97 Å². The van der Waals surface area contributed by atoms with Gasteiger partial charge in [0.2, 0.25) is 5.91 Å². The highest BCUT2D eigenvalue weighted by atomic mass is 16.4. The van der Waals surface area contributed by atoms with Crippen LogP contribution in [0, 0.1) is 13.8 Å². The van der Waals surface area contributed by atoms with Gasteiger partial charge in [0.25, 0.3) is 0 Å². The molecule has 0 aliphatic heterocycles. The third-order valence-corrected chi connectivity index (χ3v) is 3.01. The van der Waals surface area contributed by atoms with E-state index in [9.17, 15) is 9.59 Å². The summed E-state index contributed by atoms with van der Waals surface area (Å²) in [5.74, 6) is -1.29. The third kappa shape index (κ3) is 3.32. The summed E-state index contributed by atoms with van der Waals surface area (Å²) in [5, 5.41) is 15.4. The minimum atomic E-state index is -1.03. The van der Waals surface area contributed by atoms with Gasteiger partial charge in [-0.25, -0.2) is 0 Å². The number of nitrogens with zero attached hydrogens (tertiary/aromatic N) is 2. The zero-order chi connectivity index (χ0) is 13.9. The van der Waals surface area contributed by atoms with Crippen molar-refractivity contribution < 1.29 is 14.7 Å². The Kier molecular flexibility index (Phi) is 4.47. The van der Waals surface area contributed by atoms with Crippen molar-refractivity contribution in [3.8, 4) is 0 Å². The number of carboxylic acids is 1. The van der Waals surface area contributed by atoms with Crippen molar-refractivity contribution in [1.82, 2.24) is 15.1 Å². The molecule has 1 aromatic rings. The molecule has 18 heavy (non-hydrogen) atoms. The number of carbonyl (C=O) groups is 2. The summed E-state index contributed by atoms with van der Waals surface area (Å²) in [5.41, 5.74) is 3.00. The fourth-order valence-electron chi connectivity index (χ4n) is 1.79. The van der Waals surface area contributed by atoms with Gasteiger partial charge in [-0.15, -0.1) is 0 Å². The third-order valence-electron chi connectivity index (χ3n) is 3.01. The average Bonchev–Trinajstić information content (AvgIpc) is 2.51. The second-order valence-corrected chi connectivity index (χ2v) is 4.40. The fraction of sp³-hybridized carbons (Fsp3) is 0.583. The van der Waals surface area contributed by atoms with Crippen LogP contribution >= 0.6 is 0 Å². The lowest BCUT2D eigenvalue weighted by atomic mass is 10.1. The summed E-state index contributed by atoms with van der Waals surface area (Å²) in [6.45, 7) is 5.30. The summed E-state index contributed by atoms with van der Waals surface area (Å²) in [7, 11) is 1.86. The van der Waals surface area contributed by atoms with Crippen LogP contribution < -0.4 is 5.32 Å². The number of rotatable bonds is 5. The molecule has 1 aromatic heterocycles. The Hall–Kier alpha value is -1.85. The molecular formula is C12H19N3O3. The van der Waals surface area contributed by atoms with Gasteiger partial charge in [0.1, 0.15) is 6.04 Å². The van der Waals surface area contributed by atoms with Crippen molar-refractivity contribution in [3.05, 3.63) is 17.0 Å². The molecule has 0 saturated heterocycles. The predicted molar refractivity (Wildman–Crippen MR) is 66.2 cm³/mol. The van der Waals surface area contributed by atoms with E-state index in [0.29, 0.717) is 6.42 Å². The Morgan fingerprint density at radius 1 is 1.44 bits per heavy atom. The van der Waals surface area contributed by atoms with Crippen LogP contribution in [0.4, 0.5) is 0 Å². The molecule has 0 fully saturated rings. The molecule has 1 atom stereocenters. The van der Waals surface area contributed by atoms with Crippen LogP contribution in [0.15, 0.2) is 0 Å². The molecule has 0 aliphatic carbocycles. The number of aliphatic carboxylic acids is 1. The topological polar surface area (TPSA) is 84.2 Å². The Morgan fingerprint density at radius 2 is 2.06 bits per heavy atom. The second-order valence-electron chi connectivity index (χ2n) is 4.40. The van der Waals surface area contributed by atoms with E-state index in [4.69, 9.17) is 5.11 Å². The summed E-state index contributed by atoms with van der Waals surface area (Å²) in [6, 6.07) is -0.853. The molecule has 0 aromatic carbocycles. The summed E-state index contributed by atoms with van der Waals surface area (Å²) >= 11 is 0. The first-order valence-electron chi connectivity index (χ1n) is 5.84. The average molecular weight is 253 g/mol. The first-order chi connectivity index (χ1) is 8.32. The van der Waals surface area contributed by atoms with E-state index in [0.717, 1.165) is 17.0 Å². The van der Waals surface area contributed by atoms with E-state index in [1.807, 2.05) is 20.9 Å². The maximum Gasteiger partial charge on any atom is 0.325 e. The smallest absolute Gasteiger partial charge is 0.325 e. The van der Waals surface area contributed by atoms with E-state index < -0.39 is 12.0 Å². The lowest BCUT2D eigenvalue weighted by molar-refractivity contribution is -0.141. The minimum Gasteiger partial charge on any atom is -0.480 e. The molecule has 0 unspecified atom stereocenters. The molecule has 1 rings (SSSR count). The number of hydrogen-bond acceptors (Lipinski definition) is 3. The van der Waals surface area contributed by atoms with E-state index in [1.165, 1.54) is 6.92 Å². The van der Waals surface area contributed by atoms with Gasteiger partial charge in [-0.3, -0.25) is 14.3 Å². The van der Waals surface area contributed by atoms with E-state index >= 15 is 0 Å². The number of carboxylic acid groups (broad SMARTS) is 1. The maximum atomic E-state index is 11.6. The fourth-order valence-corrected chi connectivity index (χ4v) is 1.79. The normalized spacial score (nSPS) is 12.2. The summed E-state index contributed by atoms with van der Waals surface area (Å²) in [6.07, 6.45) is 0.842. The Labute approximate surface area is 106 Å². The largest absolute Gasteiger partial charge is 0.480 e. The zero-order valence-electron chi connectivity index (χ0n) is 11.1. The Balaban J connectivity index is 2.55. The SMILES string of the molecule is Cc1nn(C)c(C)c1CCC(=O)N[C@@H](C)C(=O)O. The lowest BCUT2D eigenvalue weighted by Gasteiger charge is -2.09. The van der Waals surface area contributed by atoms with Gasteiger partial charge in [0, 0.05) is 19.2 Å². The zero-order valence-corrected chi connectivity index (χ0v) is 11.1. The molecule has 0 radical (unpaired) electrons. The maximum absolute atomic E-state index is 11.6. The van der Waals surface area contributed by atoms with Crippen LogP contribution in [0.1, 0.15) is 30.3 Å². The van der Waals surface area contributed by atoms with E-state index in [-0.39, 0.29) is 12.3 Å². The standard InChI is InChI=1S/C12H19N3O3/c1-7-10(9(3)15(4)14-7)5-6-11(16)13-8(2)12(17)18/h8H,5-6H2,1-4H3,(H,13,16)(H,17,18)/t8-/m0/s1. The number of nitrogens with one attached hydrogen (secondary N) is 1. The first kappa shape index (κ1) is 14.2. The molecule has 6 heteroatoms. The Morgan fingerprint density at radius 3 is 2.50 bits per heavy atom. The number of aryl methyl sites for hydroxylation is 2. The van der Waals surface area contributed by atoms with Crippen LogP contribution in [-0.2, 0) is 23.1 Å². The lowest BCUT2D eigenvalue weighted by Crippen LogP contribution is -2.38. The van der Waals surface area contributed by atoms with Gasteiger partial charge in [-0.1, -0.05) is 0 Å². The Bertz CT molecular complexity index is 465. The van der Waals surface area contributed by atoms with Crippen LogP contribution in [0.2, 0.25) is 0 Å². The number of amides is 1. The number of carbonyl (C=O) groups excluding carboxylic acids is 1. The van der Waals surface area contributed by atoms with Gasteiger partial charge in [0.05, 0.1) is 5.69 Å². The van der Waals surface area contributed by atoms with Gasteiger partial charge in [-0.05, 0) is 32.8 Å². The van der Waals surface area contributed by atoms with E-state index in [2.05, 4.69) is 10.4 Å². The van der Waals surface area contributed by atoms with Crippen molar-refractivity contribution in [2.45, 2.75) is 39.7 Å². The van der Waals surface area contributed by atoms with Gasteiger partial charge in [-0.2, -0.15) is 5.10 Å². The molecule has 2 N–H and O–H groups in total. The highest BCUT2D eigenvalue weighted by Gasteiger charge is 2.15. The van der Waals surface area contributed by atoms with Crippen molar-refractivity contribution in [1.29, 1.82) is 0 Å². The van der Waals surface area contributed by atoms with Gasteiger partial charge < -0.3 is 10.4 Å². The monoisotopic (exact) mass is 253 g/mol.